The SMILES string of the molecule is CC(C(=O)OCC(=O)NC1CCCc2ccccc21)n1cccn1. The molecule has 1 amide bonds. The lowest BCUT2D eigenvalue weighted by Crippen LogP contribution is -2.35. The van der Waals surface area contributed by atoms with Gasteiger partial charge in [0, 0.05) is 12.4 Å². The molecule has 2 unspecified atom stereocenters. The number of amides is 1. The van der Waals surface area contributed by atoms with Crippen LogP contribution in [0.3, 0.4) is 0 Å². The molecule has 6 heteroatoms. The Morgan fingerprint density at radius 2 is 2.21 bits per heavy atom. The molecule has 1 aromatic carbocycles. The lowest BCUT2D eigenvalue weighted by molar-refractivity contribution is -0.151. The molecule has 6 nitrogen and oxygen atoms in total. The number of esters is 1. The molecule has 0 radical (unpaired) electrons. The van der Waals surface area contributed by atoms with Crippen molar-refractivity contribution in [1.82, 2.24) is 15.1 Å². The van der Waals surface area contributed by atoms with Crippen molar-refractivity contribution >= 4 is 11.9 Å². The lowest BCUT2D eigenvalue weighted by atomic mass is 9.88. The summed E-state index contributed by atoms with van der Waals surface area (Å²) < 4.78 is 6.60. The first-order valence-corrected chi connectivity index (χ1v) is 8.18. The van der Waals surface area contributed by atoms with E-state index in [4.69, 9.17) is 4.74 Å². The van der Waals surface area contributed by atoms with Crippen LogP contribution in [0.25, 0.3) is 0 Å². The number of aromatic nitrogens is 2. The molecule has 0 spiro atoms. The molecule has 126 valence electrons. The highest BCUT2D eigenvalue weighted by Crippen LogP contribution is 2.29. The normalized spacial score (nSPS) is 17.6. The number of hydrogen-bond donors (Lipinski definition) is 1. The van der Waals surface area contributed by atoms with Crippen LogP contribution in [0.2, 0.25) is 0 Å². The predicted molar refractivity (Wildman–Crippen MR) is 88.2 cm³/mol. The summed E-state index contributed by atoms with van der Waals surface area (Å²) in [4.78, 5) is 24.1. The number of ether oxygens (including phenoxy) is 1. The van der Waals surface area contributed by atoms with E-state index in [9.17, 15) is 9.59 Å². The van der Waals surface area contributed by atoms with Gasteiger partial charge < -0.3 is 10.1 Å². The number of nitrogens with zero attached hydrogens (tertiary/aromatic N) is 2. The molecule has 1 aromatic heterocycles. The molecule has 0 bridgehead atoms. The van der Waals surface area contributed by atoms with Gasteiger partial charge in [-0.25, -0.2) is 4.79 Å². The van der Waals surface area contributed by atoms with E-state index in [1.807, 2.05) is 18.2 Å². The zero-order valence-electron chi connectivity index (χ0n) is 13.6. The number of rotatable bonds is 5. The Kier molecular flexibility index (Phi) is 4.93. The monoisotopic (exact) mass is 327 g/mol. The number of carbonyl (C=O) groups excluding carboxylic acids is 2. The fourth-order valence-electron chi connectivity index (χ4n) is 3.01. The van der Waals surface area contributed by atoms with E-state index in [1.54, 1.807) is 25.4 Å². The van der Waals surface area contributed by atoms with Crippen LogP contribution in [0, 0.1) is 0 Å². The van der Waals surface area contributed by atoms with Crippen molar-refractivity contribution in [2.24, 2.45) is 0 Å². The van der Waals surface area contributed by atoms with E-state index >= 15 is 0 Å². The van der Waals surface area contributed by atoms with E-state index in [1.165, 1.54) is 10.2 Å². The van der Waals surface area contributed by atoms with Crippen LogP contribution in [-0.4, -0.2) is 28.3 Å². The summed E-state index contributed by atoms with van der Waals surface area (Å²) in [5.74, 6) is -0.754. The summed E-state index contributed by atoms with van der Waals surface area (Å²) in [7, 11) is 0. The highest BCUT2D eigenvalue weighted by Gasteiger charge is 2.23. The largest absolute Gasteiger partial charge is 0.454 e. The van der Waals surface area contributed by atoms with Crippen LogP contribution in [0.5, 0.6) is 0 Å². The van der Waals surface area contributed by atoms with E-state index in [-0.39, 0.29) is 18.6 Å². The molecule has 2 aromatic rings. The molecular weight excluding hydrogens is 306 g/mol. The van der Waals surface area contributed by atoms with Crippen LogP contribution in [0.15, 0.2) is 42.7 Å². The maximum atomic E-state index is 12.1. The van der Waals surface area contributed by atoms with Gasteiger partial charge in [-0.05, 0) is 43.4 Å². The average Bonchev–Trinajstić information content (AvgIpc) is 3.14. The van der Waals surface area contributed by atoms with E-state index in [0.29, 0.717) is 0 Å². The third-order valence-corrected chi connectivity index (χ3v) is 4.31. The standard InChI is InChI=1S/C18H21N3O3/c1-13(21-11-5-10-19-21)18(23)24-12-17(22)20-16-9-4-7-14-6-2-3-8-15(14)16/h2-3,5-6,8,10-11,13,16H,4,7,9,12H2,1H3,(H,20,22). The molecular formula is C18H21N3O3. The first kappa shape index (κ1) is 16.2. The predicted octanol–water partition coefficient (Wildman–Crippen LogP) is 2.18. The summed E-state index contributed by atoms with van der Waals surface area (Å²) in [5.41, 5.74) is 2.44. The Bertz CT molecular complexity index is 712. The quantitative estimate of drug-likeness (QED) is 0.854. The highest BCUT2D eigenvalue weighted by atomic mass is 16.5. The summed E-state index contributed by atoms with van der Waals surface area (Å²) in [6.45, 7) is 1.41. The number of benzene rings is 1. The summed E-state index contributed by atoms with van der Waals surface area (Å²) in [6, 6.07) is 9.31. The molecule has 1 N–H and O–H groups in total. The molecule has 0 saturated carbocycles. The van der Waals surface area contributed by atoms with Gasteiger partial charge in [-0.15, -0.1) is 0 Å². The minimum atomic E-state index is -0.553. The number of fused-ring (bicyclic) bond motifs is 1. The first-order chi connectivity index (χ1) is 11.6. The summed E-state index contributed by atoms with van der Waals surface area (Å²) in [5, 5.41) is 6.96. The van der Waals surface area contributed by atoms with Gasteiger partial charge in [0.1, 0.15) is 6.04 Å². The second kappa shape index (κ2) is 7.29. The van der Waals surface area contributed by atoms with Gasteiger partial charge in [0.15, 0.2) is 6.61 Å². The molecule has 3 rings (SSSR count). The molecule has 24 heavy (non-hydrogen) atoms. The molecule has 0 saturated heterocycles. The Hall–Kier alpha value is -2.63. The fourth-order valence-corrected chi connectivity index (χ4v) is 3.01. The topological polar surface area (TPSA) is 73.2 Å². The summed E-state index contributed by atoms with van der Waals surface area (Å²) in [6.07, 6.45) is 6.26. The average molecular weight is 327 g/mol. The van der Waals surface area contributed by atoms with Gasteiger partial charge in [0.25, 0.3) is 5.91 Å². The van der Waals surface area contributed by atoms with E-state index < -0.39 is 12.0 Å². The number of aryl methyl sites for hydroxylation is 1. The maximum Gasteiger partial charge on any atom is 0.331 e. The minimum absolute atomic E-state index is 0.00955. The number of nitrogens with one attached hydrogen (secondary N) is 1. The molecule has 1 heterocycles. The second-order valence-electron chi connectivity index (χ2n) is 5.98. The summed E-state index contributed by atoms with van der Waals surface area (Å²) >= 11 is 0. The smallest absolute Gasteiger partial charge is 0.331 e. The van der Waals surface area contributed by atoms with Gasteiger partial charge in [-0.3, -0.25) is 9.48 Å². The number of carbonyl (C=O) groups is 2. The molecule has 0 aliphatic heterocycles. The van der Waals surface area contributed by atoms with Crippen molar-refractivity contribution < 1.29 is 14.3 Å². The van der Waals surface area contributed by atoms with Crippen molar-refractivity contribution in [1.29, 1.82) is 0 Å². The Morgan fingerprint density at radius 1 is 1.38 bits per heavy atom. The van der Waals surface area contributed by atoms with Crippen LogP contribution in [-0.2, 0) is 20.7 Å². The molecule has 1 aliphatic carbocycles. The fraction of sp³-hybridized carbons (Fsp3) is 0.389. The van der Waals surface area contributed by atoms with Crippen LogP contribution in [0.4, 0.5) is 0 Å². The Labute approximate surface area is 140 Å². The molecule has 2 atom stereocenters. The third-order valence-electron chi connectivity index (χ3n) is 4.31. The number of hydrogen-bond acceptors (Lipinski definition) is 4. The van der Waals surface area contributed by atoms with Crippen LogP contribution < -0.4 is 5.32 Å². The van der Waals surface area contributed by atoms with Gasteiger partial charge in [0.2, 0.25) is 0 Å². The zero-order valence-corrected chi connectivity index (χ0v) is 13.6. The van der Waals surface area contributed by atoms with Crippen LogP contribution >= 0.6 is 0 Å². The second-order valence-corrected chi connectivity index (χ2v) is 5.98. The van der Waals surface area contributed by atoms with Crippen molar-refractivity contribution in [2.45, 2.75) is 38.3 Å². The Balaban J connectivity index is 1.52. The minimum Gasteiger partial charge on any atom is -0.454 e. The maximum absolute atomic E-state index is 12.1. The van der Waals surface area contributed by atoms with Gasteiger partial charge in [-0.1, -0.05) is 24.3 Å². The van der Waals surface area contributed by atoms with Gasteiger partial charge in [-0.2, -0.15) is 5.10 Å². The zero-order chi connectivity index (χ0) is 16.9. The van der Waals surface area contributed by atoms with Crippen molar-refractivity contribution in [2.75, 3.05) is 6.61 Å². The highest BCUT2D eigenvalue weighted by molar-refractivity contribution is 5.82. The Morgan fingerprint density at radius 3 is 3.00 bits per heavy atom. The van der Waals surface area contributed by atoms with Gasteiger partial charge in [0.05, 0.1) is 6.04 Å². The first-order valence-electron chi connectivity index (χ1n) is 8.18. The molecule has 1 aliphatic rings. The van der Waals surface area contributed by atoms with Crippen molar-refractivity contribution in [3.63, 3.8) is 0 Å². The van der Waals surface area contributed by atoms with E-state index in [0.717, 1.165) is 24.8 Å². The van der Waals surface area contributed by atoms with Gasteiger partial charge >= 0.3 is 5.97 Å². The third kappa shape index (κ3) is 3.64. The molecule has 0 fully saturated rings. The van der Waals surface area contributed by atoms with Crippen molar-refractivity contribution in [3.8, 4) is 0 Å². The van der Waals surface area contributed by atoms with Crippen molar-refractivity contribution in [3.05, 3.63) is 53.9 Å². The lowest BCUT2D eigenvalue weighted by Gasteiger charge is -2.26. The van der Waals surface area contributed by atoms with E-state index in [2.05, 4.69) is 16.5 Å². The van der Waals surface area contributed by atoms with Crippen LogP contribution in [0.1, 0.15) is 43.0 Å².